The summed E-state index contributed by atoms with van der Waals surface area (Å²) < 4.78 is 10.9. The third-order valence-corrected chi connectivity index (χ3v) is 4.79. The van der Waals surface area contributed by atoms with E-state index in [9.17, 15) is 4.79 Å². The summed E-state index contributed by atoms with van der Waals surface area (Å²) in [7, 11) is 3.44. The first-order valence-electron chi connectivity index (χ1n) is 9.78. The molecule has 0 radical (unpaired) electrons. The molecule has 0 N–H and O–H groups in total. The van der Waals surface area contributed by atoms with Crippen LogP contribution < -0.4 is 9.47 Å². The molecule has 4 nitrogen and oxygen atoms in total. The third-order valence-electron chi connectivity index (χ3n) is 4.79. The predicted octanol–water partition coefficient (Wildman–Crippen LogP) is 4.96. The SMILES string of the molecule is CCOc1ccc(CN(C)C(=O)Cc2ccc(-c3ccccc3)cc2)cc1OC. The number of methoxy groups -OCH3 is 1. The van der Waals surface area contributed by atoms with E-state index in [-0.39, 0.29) is 5.91 Å². The second-order valence-corrected chi connectivity index (χ2v) is 6.91. The predicted molar refractivity (Wildman–Crippen MR) is 116 cm³/mol. The average molecular weight is 389 g/mol. The van der Waals surface area contributed by atoms with Gasteiger partial charge in [0.2, 0.25) is 5.91 Å². The first kappa shape index (κ1) is 20.5. The molecule has 3 rings (SSSR count). The zero-order chi connectivity index (χ0) is 20.6. The highest BCUT2D eigenvalue weighted by molar-refractivity contribution is 5.79. The van der Waals surface area contributed by atoms with Crippen LogP contribution in [0.3, 0.4) is 0 Å². The molecule has 29 heavy (non-hydrogen) atoms. The lowest BCUT2D eigenvalue weighted by molar-refractivity contribution is -0.129. The second kappa shape index (κ2) is 9.78. The second-order valence-electron chi connectivity index (χ2n) is 6.91. The molecule has 3 aromatic carbocycles. The highest BCUT2D eigenvalue weighted by Crippen LogP contribution is 2.28. The normalized spacial score (nSPS) is 10.4. The average Bonchev–Trinajstić information content (AvgIpc) is 2.76. The minimum atomic E-state index is 0.0744. The van der Waals surface area contributed by atoms with Crippen LogP contribution >= 0.6 is 0 Å². The van der Waals surface area contributed by atoms with Gasteiger partial charge in [0, 0.05) is 13.6 Å². The number of hydrogen-bond donors (Lipinski definition) is 0. The van der Waals surface area contributed by atoms with Crippen LogP contribution in [0.4, 0.5) is 0 Å². The fourth-order valence-corrected chi connectivity index (χ4v) is 3.20. The molecule has 0 fully saturated rings. The quantitative estimate of drug-likeness (QED) is 0.546. The van der Waals surface area contributed by atoms with Crippen molar-refractivity contribution in [2.75, 3.05) is 20.8 Å². The zero-order valence-electron chi connectivity index (χ0n) is 17.2. The van der Waals surface area contributed by atoms with Gasteiger partial charge in [-0.05, 0) is 41.3 Å². The number of likely N-dealkylation sites (N-methyl/N-ethyl adjacent to an activating group) is 1. The third kappa shape index (κ3) is 5.38. The Morgan fingerprint density at radius 3 is 2.17 bits per heavy atom. The van der Waals surface area contributed by atoms with Crippen molar-refractivity contribution in [2.45, 2.75) is 19.9 Å². The van der Waals surface area contributed by atoms with Gasteiger partial charge in [-0.2, -0.15) is 0 Å². The largest absolute Gasteiger partial charge is 0.493 e. The number of carbonyl (C=O) groups excluding carboxylic acids is 1. The Kier molecular flexibility index (Phi) is 6.90. The molecular formula is C25H27NO3. The number of amides is 1. The van der Waals surface area contributed by atoms with Crippen molar-refractivity contribution in [1.82, 2.24) is 4.90 Å². The van der Waals surface area contributed by atoms with Crippen LogP contribution in [-0.2, 0) is 17.8 Å². The van der Waals surface area contributed by atoms with Crippen molar-refractivity contribution < 1.29 is 14.3 Å². The maximum atomic E-state index is 12.7. The number of benzene rings is 3. The first-order chi connectivity index (χ1) is 14.1. The number of nitrogens with zero attached hydrogens (tertiary/aromatic N) is 1. The van der Waals surface area contributed by atoms with Gasteiger partial charge < -0.3 is 14.4 Å². The molecule has 0 unspecified atom stereocenters. The van der Waals surface area contributed by atoms with Gasteiger partial charge in [0.1, 0.15) is 0 Å². The monoisotopic (exact) mass is 389 g/mol. The molecule has 0 bridgehead atoms. The summed E-state index contributed by atoms with van der Waals surface area (Å²) in [4.78, 5) is 14.4. The fraction of sp³-hybridized carbons (Fsp3) is 0.240. The number of hydrogen-bond acceptors (Lipinski definition) is 3. The molecule has 150 valence electrons. The van der Waals surface area contributed by atoms with E-state index in [2.05, 4.69) is 24.3 Å². The molecule has 0 aromatic heterocycles. The highest BCUT2D eigenvalue weighted by Gasteiger charge is 2.12. The topological polar surface area (TPSA) is 38.8 Å². The van der Waals surface area contributed by atoms with Gasteiger partial charge in [-0.1, -0.05) is 60.7 Å². The molecule has 0 aliphatic rings. The summed E-state index contributed by atoms with van der Waals surface area (Å²) in [5, 5.41) is 0. The van der Waals surface area contributed by atoms with E-state index >= 15 is 0 Å². The van der Waals surface area contributed by atoms with Gasteiger partial charge in [0.05, 0.1) is 20.1 Å². The molecule has 0 atom stereocenters. The number of carbonyl (C=O) groups is 1. The standard InChI is InChI=1S/C25H27NO3/c1-4-29-23-15-12-20(16-24(23)28-3)18-26(2)25(27)17-19-10-13-22(14-11-19)21-8-6-5-7-9-21/h5-16H,4,17-18H2,1-3H3. The van der Waals surface area contributed by atoms with Gasteiger partial charge >= 0.3 is 0 Å². The van der Waals surface area contributed by atoms with Crippen LogP contribution in [0.5, 0.6) is 11.5 Å². The van der Waals surface area contributed by atoms with E-state index < -0.39 is 0 Å². The molecule has 4 heteroatoms. The van der Waals surface area contributed by atoms with Gasteiger partial charge in [0.25, 0.3) is 0 Å². The Morgan fingerprint density at radius 1 is 0.862 bits per heavy atom. The molecule has 1 amide bonds. The molecular weight excluding hydrogens is 362 g/mol. The summed E-state index contributed by atoms with van der Waals surface area (Å²) in [6.07, 6.45) is 0.375. The maximum absolute atomic E-state index is 12.7. The maximum Gasteiger partial charge on any atom is 0.227 e. The Labute approximate surface area is 172 Å². The van der Waals surface area contributed by atoms with Crippen LogP contribution in [-0.4, -0.2) is 31.6 Å². The fourth-order valence-electron chi connectivity index (χ4n) is 3.20. The molecule has 3 aromatic rings. The van der Waals surface area contributed by atoms with Gasteiger partial charge in [-0.25, -0.2) is 0 Å². The Morgan fingerprint density at radius 2 is 1.52 bits per heavy atom. The highest BCUT2D eigenvalue weighted by atomic mass is 16.5. The molecule has 0 aliphatic heterocycles. The zero-order valence-corrected chi connectivity index (χ0v) is 17.2. The van der Waals surface area contributed by atoms with E-state index in [4.69, 9.17) is 9.47 Å². The van der Waals surface area contributed by atoms with E-state index in [1.54, 1.807) is 12.0 Å². The van der Waals surface area contributed by atoms with Gasteiger partial charge in [-0.15, -0.1) is 0 Å². The lowest BCUT2D eigenvalue weighted by Crippen LogP contribution is -2.27. The smallest absolute Gasteiger partial charge is 0.227 e. The summed E-state index contributed by atoms with van der Waals surface area (Å²) in [6.45, 7) is 3.03. The van der Waals surface area contributed by atoms with Crippen molar-refractivity contribution in [1.29, 1.82) is 0 Å². The minimum Gasteiger partial charge on any atom is -0.493 e. The van der Waals surface area contributed by atoms with Gasteiger partial charge in [0.15, 0.2) is 11.5 Å². The van der Waals surface area contributed by atoms with Crippen molar-refractivity contribution in [3.05, 3.63) is 83.9 Å². The van der Waals surface area contributed by atoms with Gasteiger partial charge in [-0.3, -0.25) is 4.79 Å². The van der Waals surface area contributed by atoms with Crippen LogP contribution in [0.15, 0.2) is 72.8 Å². The van der Waals surface area contributed by atoms with Crippen molar-refractivity contribution >= 4 is 5.91 Å². The minimum absolute atomic E-state index is 0.0744. The summed E-state index contributed by atoms with van der Waals surface area (Å²) in [5.74, 6) is 1.47. The molecule has 0 saturated heterocycles. The molecule has 0 aliphatic carbocycles. The van der Waals surface area contributed by atoms with Crippen LogP contribution in [0.2, 0.25) is 0 Å². The van der Waals surface area contributed by atoms with Crippen LogP contribution in [0.1, 0.15) is 18.1 Å². The van der Waals surface area contributed by atoms with E-state index in [0.717, 1.165) is 16.7 Å². The van der Waals surface area contributed by atoms with E-state index in [1.807, 2.05) is 62.5 Å². The van der Waals surface area contributed by atoms with Crippen LogP contribution in [0.25, 0.3) is 11.1 Å². The van der Waals surface area contributed by atoms with Crippen molar-refractivity contribution in [3.63, 3.8) is 0 Å². The summed E-state index contributed by atoms with van der Waals surface area (Å²) in [6, 6.07) is 24.2. The lowest BCUT2D eigenvalue weighted by Gasteiger charge is -2.19. The summed E-state index contributed by atoms with van der Waals surface area (Å²) in [5.41, 5.74) is 4.33. The molecule has 0 spiro atoms. The number of ether oxygens (including phenoxy) is 2. The Bertz CT molecular complexity index is 936. The molecule has 0 saturated carbocycles. The summed E-state index contributed by atoms with van der Waals surface area (Å²) >= 11 is 0. The molecule has 0 heterocycles. The van der Waals surface area contributed by atoms with Crippen LogP contribution in [0, 0.1) is 0 Å². The Balaban J connectivity index is 1.62. The lowest BCUT2D eigenvalue weighted by atomic mass is 10.0. The first-order valence-corrected chi connectivity index (χ1v) is 9.78. The Hall–Kier alpha value is -3.27. The van der Waals surface area contributed by atoms with E-state index in [1.165, 1.54) is 5.56 Å². The van der Waals surface area contributed by atoms with E-state index in [0.29, 0.717) is 31.1 Å². The number of rotatable bonds is 8. The van der Waals surface area contributed by atoms with Crippen molar-refractivity contribution in [2.24, 2.45) is 0 Å². The van der Waals surface area contributed by atoms with Crippen molar-refractivity contribution in [3.8, 4) is 22.6 Å².